The van der Waals surface area contributed by atoms with Crippen molar-refractivity contribution in [2.75, 3.05) is 31.1 Å². The van der Waals surface area contributed by atoms with Crippen LogP contribution >= 0.6 is 11.6 Å². The zero-order chi connectivity index (χ0) is 19.8. The Kier molecular flexibility index (Phi) is 5.62. The fourth-order valence-corrected chi connectivity index (χ4v) is 3.23. The Hall–Kier alpha value is -1.87. The number of aromatic nitrogens is 3. The highest BCUT2D eigenvalue weighted by molar-refractivity contribution is 6.33. The molecule has 0 radical (unpaired) electrons. The van der Waals surface area contributed by atoms with Crippen LogP contribution in [0.1, 0.15) is 50.0 Å². The third-order valence-corrected chi connectivity index (χ3v) is 4.92. The highest BCUT2D eigenvalue weighted by Crippen LogP contribution is 2.34. The number of anilines is 1. The lowest BCUT2D eigenvalue weighted by molar-refractivity contribution is -0.137. The molecule has 0 aliphatic carbocycles. The molecule has 1 aliphatic heterocycles. The normalized spacial score (nSPS) is 17.6. The summed E-state index contributed by atoms with van der Waals surface area (Å²) in [5.74, 6) is 1.81. The zero-order valence-corrected chi connectivity index (χ0v) is 16.0. The maximum atomic E-state index is 12.8. The molecular weight excluding hydrogens is 383 g/mol. The SMILES string of the molecule is CC(C)c1noc([C@@H](C)N2CCN(c3ncc(C(F)(F)F)cc3Cl)CC2)n1. The second-order valence-corrected chi connectivity index (χ2v) is 7.28. The van der Waals surface area contributed by atoms with Gasteiger partial charge in [0.2, 0.25) is 5.89 Å². The van der Waals surface area contributed by atoms with Crippen molar-refractivity contribution in [2.45, 2.75) is 38.9 Å². The van der Waals surface area contributed by atoms with Crippen LogP contribution in [0, 0.1) is 0 Å². The van der Waals surface area contributed by atoms with Gasteiger partial charge in [0.25, 0.3) is 0 Å². The number of hydrogen-bond donors (Lipinski definition) is 0. The van der Waals surface area contributed by atoms with E-state index in [0.29, 0.717) is 43.7 Å². The molecule has 6 nitrogen and oxygen atoms in total. The van der Waals surface area contributed by atoms with E-state index in [-0.39, 0.29) is 17.0 Å². The molecule has 0 unspecified atom stereocenters. The second-order valence-electron chi connectivity index (χ2n) is 6.87. The molecule has 3 heterocycles. The summed E-state index contributed by atoms with van der Waals surface area (Å²) in [7, 11) is 0. The molecule has 2 aromatic heterocycles. The van der Waals surface area contributed by atoms with Crippen molar-refractivity contribution in [2.24, 2.45) is 0 Å². The average Bonchev–Trinajstić information content (AvgIpc) is 3.11. The fraction of sp³-hybridized carbons (Fsp3) is 0.588. The number of rotatable bonds is 4. The lowest BCUT2D eigenvalue weighted by Crippen LogP contribution is -2.47. The van der Waals surface area contributed by atoms with Gasteiger partial charge < -0.3 is 9.42 Å². The molecule has 0 bridgehead atoms. The number of nitrogens with zero attached hydrogens (tertiary/aromatic N) is 5. The second kappa shape index (κ2) is 7.63. The number of pyridine rings is 1. The number of halogens is 4. The van der Waals surface area contributed by atoms with E-state index < -0.39 is 11.7 Å². The van der Waals surface area contributed by atoms with Crippen LogP contribution in [0.25, 0.3) is 0 Å². The molecule has 0 amide bonds. The molecule has 2 aromatic rings. The lowest BCUT2D eigenvalue weighted by Gasteiger charge is -2.37. The van der Waals surface area contributed by atoms with Gasteiger partial charge in [-0.15, -0.1) is 0 Å². The van der Waals surface area contributed by atoms with Crippen molar-refractivity contribution in [1.29, 1.82) is 0 Å². The van der Waals surface area contributed by atoms with Gasteiger partial charge in [-0.3, -0.25) is 4.90 Å². The summed E-state index contributed by atoms with van der Waals surface area (Å²) in [6.07, 6.45) is -3.63. The van der Waals surface area contributed by atoms with Crippen molar-refractivity contribution in [1.82, 2.24) is 20.0 Å². The van der Waals surface area contributed by atoms with E-state index in [1.807, 2.05) is 25.7 Å². The van der Waals surface area contributed by atoms with Crippen LogP contribution in [0.4, 0.5) is 19.0 Å². The molecule has 27 heavy (non-hydrogen) atoms. The molecule has 1 fully saturated rings. The molecule has 0 aromatic carbocycles. The summed E-state index contributed by atoms with van der Waals surface area (Å²) in [5.41, 5.74) is -0.846. The topological polar surface area (TPSA) is 58.3 Å². The third kappa shape index (κ3) is 4.35. The molecular formula is C17H21ClF3N5O. The molecule has 10 heteroatoms. The molecule has 0 spiro atoms. The van der Waals surface area contributed by atoms with Gasteiger partial charge in [0.15, 0.2) is 5.82 Å². The number of alkyl halides is 3. The summed E-state index contributed by atoms with van der Waals surface area (Å²) < 4.78 is 43.6. The van der Waals surface area contributed by atoms with E-state index in [4.69, 9.17) is 16.1 Å². The first-order chi connectivity index (χ1) is 12.7. The smallest absolute Gasteiger partial charge is 0.353 e. The van der Waals surface area contributed by atoms with Crippen LogP contribution in [0.5, 0.6) is 0 Å². The Morgan fingerprint density at radius 1 is 1.15 bits per heavy atom. The van der Waals surface area contributed by atoms with Crippen molar-refractivity contribution in [3.8, 4) is 0 Å². The highest BCUT2D eigenvalue weighted by Gasteiger charge is 2.33. The van der Waals surface area contributed by atoms with Crippen LogP contribution in [-0.4, -0.2) is 46.2 Å². The largest absolute Gasteiger partial charge is 0.417 e. The average molecular weight is 404 g/mol. The van der Waals surface area contributed by atoms with E-state index in [1.165, 1.54) is 0 Å². The minimum Gasteiger partial charge on any atom is -0.353 e. The van der Waals surface area contributed by atoms with E-state index in [1.54, 1.807) is 0 Å². The third-order valence-electron chi connectivity index (χ3n) is 4.64. The minimum atomic E-state index is -4.46. The lowest BCUT2D eigenvalue weighted by atomic mass is 10.2. The van der Waals surface area contributed by atoms with Gasteiger partial charge in [-0.25, -0.2) is 4.98 Å². The van der Waals surface area contributed by atoms with Gasteiger partial charge in [0.1, 0.15) is 5.82 Å². The van der Waals surface area contributed by atoms with Crippen molar-refractivity contribution >= 4 is 17.4 Å². The molecule has 3 rings (SSSR count). The predicted octanol–water partition coefficient (Wildman–Crippen LogP) is 4.14. The van der Waals surface area contributed by atoms with E-state index in [9.17, 15) is 13.2 Å². The van der Waals surface area contributed by atoms with Crippen LogP contribution in [0.3, 0.4) is 0 Å². The number of piperazine rings is 1. The maximum absolute atomic E-state index is 12.8. The first-order valence-corrected chi connectivity index (χ1v) is 9.10. The van der Waals surface area contributed by atoms with Gasteiger partial charge in [-0.1, -0.05) is 30.6 Å². The zero-order valence-electron chi connectivity index (χ0n) is 15.3. The Labute approximate surface area is 160 Å². The van der Waals surface area contributed by atoms with Crippen LogP contribution in [0.15, 0.2) is 16.8 Å². The first-order valence-electron chi connectivity index (χ1n) is 8.72. The van der Waals surface area contributed by atoms with Crippen LogP contribution in [-0.2, 0) is 6.18 Å². The van der Waals surface area contributed by atoms with E-state index >= 15 is 0 Å². The Bertz CT molecular complexity index is 787. The minimum absolute atomic E-state index is 0.00444. The standard InChI is InChI=1S/C17H21ClF3N5O/c1-10(2)14-23-16(27-24-14)11(3)25-4-6-26(7-5-25)15-13(18)8-12(9-22-15)17(19,20)21/h8-11H,4-7H2,1-3H3/t11-/m1/s1. The predicted molar refractivity (Wildman–Crippen MR) is 94.8 cm³/mol. The Morgan fingerprint density at radius 2 is 1.81 bits per heavy atom. The molecule has 1 aliphatic rings. The summed E-state index contributed by atoms with van der Waals surface area (Å²) in [4.78, 5) is 12.4. The quantitative estimate of drug-likeness (QED) is 0.764. The highest BCUT2D eigenvalue weighted by atomic mass is 35.5. The Balaban J connectivity index is 1.64. The van der Waals surface area contributed by atoms with E-state index in [2.05, 4.69) is 20.0 Å². The van der Waals surface area contributed by atoms with Gasteiger partial charge >= 0.3 is 6.18 Å². The molecule has 1 atom stereocenters. The summed E-state index contributed by atoms with van der Waals surface area (Å²) in [6.45, 7) is 8.54. The van der Waals surface area contributed by atoms with Gasteiger partial charge in [-0.05, 0) is 13.0 Å². The summed E-state index contributed by atoms with van der Waals surface area (Å²) in [6, 6.07) is 0.883. The van der Waals surface area contributed by atoms with Crippen LogP contribution < -0.4 is 4.90 Å². The molecule has 0 N–H and O–H groups in total. The molecule has 1 saturated heterocycles. The Morgan fingerprint density at radius 3 is 2.33 bits per heavy atom. The van der Waals surface area contributed by atoms with Gasteiger partial charge in [0.05, 0.1) is 16.6 Å². The van der Waals surface area contributed by atoms with E-state index in [0.717, 1.165) is 12.3 Å². The van der Waals surface area contributed by atoms with Crippen LogP contribution in [0.2, 0.25) is 5.02 Å². The number of hydrogen-bond acceptors (Lipinski definition) is 6. The van der Waals surface area contributed by atoms with Crippen molar-refractivity contribution in [3.05, 3.63) is 34.6 Å². The van der Waals surface area contributed by atoms with Crippen molar-refractivity contribution < 1.29 is 17.7 Å². The molecule has 148 valence electrons. The maximum Gasteiger partial charge on any atom is 0.417 e. The summed E-state index contributed by atoms with van der Waals surface area (Å²) in [5, 5.41) is 4.00. The monoisotopic (exact) mass is 403 g/mol. The van der Waals surface area contributed by atoms with Gasteiger partial charge in [-0.2, -0.15) is 18.2 Å². The van der Waals surface area contributed by atoms with Crippen molar-refractivity contribution in [3.63, 3.8) is 0 Å². The fourth-order valence-electron chi connectivity index (χ4n) is 2.95. The molecule has 0 saturated carbocycles. The summed E-state index contributed by atoms with van der Waals surface area (Å²) >= 11 is 6.04. The first kappa shape index (κ1) is 19.9. The van der Waals surface area contributed by atoms with Gasteiger partial charge in [0, 0.05) is 38.3 Å².